The maximum atomic E-state index is 12.4. The summed E-state index contributed by atoms with van der Waals surface area (Å²) in [5.41, 5.74) is 5.72. The van der Waals surface area contributed by atoms with E-state index < -0.39 is 0 Å². The number of ether oxygens (including phenoxy) is 1. The summed E-state index contributed by atoms with van der Waals surface area (Å²) in [4.78, 5) is 37.3. The van der Waals surface area contributed by atoms with Gasteiger partial charge in [-0.3, -0.25) is 9.59 Å². The molecule has 1 N–H and O–H groups in total. The fraction of sp³-hybridized carbons (Fsp3) is 0.357. The number of nitrogens with one attached hydrogen (secondary N) is 1. The second kappa shape index (κ2) is 8.93. The van der Waals surface area contributed by atoms with E-state index >= 15 is 0 Å². The average Bonchev–Trinajstić information content (AvgIpc) is 3.49. The van der Waals surface area contributed by atoms with Crippen molar-refractivity contribution in [1.29, 1.82) is 0 Å². The Morgan fingerprint density at radius 1 is 1.03 bits per heavy atom. The normalized spacial score (nSPS) is 18.9. The zero-order chi connectivity index (χ0) is 24.8. The van der Waals surface area contributed by atoms with Crippen LogP contribution in [0.15, 0.2) is 48.8 Å². The lowest BCUT2D eigenvalue weighted by Crippen LogP contribution is -2.40. The second-order valence-electron chi connectivity index (χ2n) is 9.95. The molecule has 8 nitrogen and oxygen atoms in total. The molecule has 1 aromatic carbocycles. The molecule has 2 amide bonds. The van der Waals surface area contributed by atoms with Gasteiger partial charge in [0.2, 0.25) is 17.7 Å². The predicted molar refractivity (Wildman–Crippen MR) is 139 cm³/mol. The van der Waals surface area contributed by atoms with Crippen molar-refractivity contribution in [2.45, 2.75) is 51.5 Å². The van der Waals surface area contributed by atoms with E-state index in [0.717, 1.165) is 47.6 Å². The second-order valence-corrected chi connectivity index (χ2v) is 9.95. The standard InChI is InChI=1S/C28H29N5O3/c1-17(2)22-13-25(29-15-23(22)18-5-7-20(8-6-18)32-11-3-4-26(32)34)31-19-12-24-28(30-14-19)36-16-21-9-10-27(35)33(21)24/h5-8,12-15,17,21H,3-4,9-11,16H2,1-2H3,(H,29,31)/t21-/m0/s1. The Kier molecular flexibility index (Phi) is 5.59. The van der Waals surface area contributed by atoms with Crippen molar-refractivity contribution in [2.24, 2.45) is 0 Å². The van der Waals surface area contributed by atoms with Gasteiger partial charge in [-0.05, 0) is 54.2 Å². The number of carbonyl (C=O) groups excluding carboxylic acids is 2. The third-order valence-electron chi connectivity index (χ3n) is 7.22. The van der Waals surface area contributed by atoms with E-state index in [1.54, 1.807) is 6.20 Å². The molecular formula is C28H29N5O3. The van der Waals surface area contributed by atoms with Crippen molar-refractivity contribution in [3.05, 3.63) is 54.4 Å². The first kappa shape index (κ1) is 22.5. The number of amides is 2. The number of fused-ring (bicyclic) bond motifs is 3. The third kappa shape index (κ3) is 3.96. The summed E-state index contributed by atoms with van der Waals surface area (Å²) in [6, 6.07) is 12.2. The maximum absolute atomic E-state index is 12.4. The molecule has 2 saturated heterocycles. The van der Waals surface area contributed by atoms with Gasteiger partial charge in [0.1, 0.15) is 18.1 Å². The summed E-state index contributed by atoms with van der Waals surface area (Å²) in [5, 5.41) is 3.36. The van der Waals surface area contributed by atoms with E-state index in [-0.39, 0.29) is 23.8 Å². The number of benzene rings is 1. The fourth-order valence-electron chi connectivity index (χ4n) is 5.35. The van der Waals surface area contributed by atoms with Gasteiger partial charge in [-0.15, -0.1) is 0 Å². The van der Waals surface area contributed by atoms with Crippen LogP contribution in [0.4, 0.5) is 22.9 Å². The van der Waals surface area contributed by atoms with Crippen LogP contribution in [0.1, 0.15) is 51.0 Å². The predicted octanol–water partition coefficient (Wildman–Crippen LogP) is 5.03. The maximum Gasteiger partial charge on any atom is 0.238 e. The smallest absolute Gasteiger partial charge is 0.238 e. The van der Waals surface area contributed by atoms with E-state index in [9.17, 15) is 9.59 Å². The highest BCUT2D eigenvalue weighted by atomic mass is 16.5. The molecule has 0 saturated carbocycles. The highest BCUT2D eigenvalue weighted by Crippen LogP contribution is 2.39. The van der Waals surface area contributed by atoms with Crippen LogP contribution in [0.25, 0.3) is 11.1 Å². The van der Waals surface area contributed by atoms with Crippen LogP contribution >= 0.6 is 0 Å². The average molecular weight is 484 g/mol. The Bertz CT molecular complexity index is 1340. The van der Waals surface area contributed by atoms with Gasteiger partial charge < -0.3 is 19.9 Å². The molecule has 184 valence electrons. The lowest BCUT2D eigenvalue weighted by atomic mass is 9.94. The lowest BCUT2D eigenvalue weighted by molar-refractivity contribution is -0.118. The molecular weight excluding hydrogens is 454 g/mol. The summed E-state index contributed by atoms with van der Waals surface area (Å²) >= 11 is 0. The summed E-state index contributed by atoms with van der Waals surface area (Å²) in [7, 11) is 0. The van der Waals surface area contributed by atoms with Crippen LogP contribution in [0.5, 0.6) is 5.88 Å². The Morgan fingerprint density at radius 2 is 1.86 bits per heavy atom. The molecule has 0 spiro atoms. The van der Waals surface area contributed by atoms with Gasteiger partial charge in [-0.25, -0.2) is 9.97 Å². The summed E-state index contributed by atoms with van der Waals surface area (Å²) in [6.45, 7) is 5.61. The van der Waals surface area contributed by atoms with Gasteiger partial charge in [-0.2, -0.15) is 0 Å². The third-order valence-corrected chi connectivity index (χ3v) is 7.22. The highest BCUT2D eigenvalue weighted by molar-refractivity contribution is 5.98. The van der Waals surface area contributed by atoms with Crippen LogP contribution in [-0.4, -0.2) is 41.0 Å². The Hall–Kier alpha value is -3.94. The number of aromatic nitrogens is 2. The number of rotatable bonds is 5. The number of hydrogen-bond acceptors (Lipinski definition) is 6. The fourth-order valence-corrected chi connectivity index (χ4v) is 5.35. The molecule has 3 aromatic rings. The molecule has 0 unspecified atom stereocenters. The molecule has 2 aromatic heterocycles. The molecule has 2 fully saturated rings. The molecule has 5 heterocycles. The Morgan fingerprint density at radius 3 is 2.61 bits per heavy atom. The first-order valence-corrected chi connectivity index (χ1v) is 12.6. The van der Waals surface area contributed by atoms with Crippen molar-refractivity contribution in [3.63, 3.8) is 0 Å². The zero-order valence-electron chi connectivity index (χ0n) is 20.5. The molecule has 0 bridgehead atoms. The topological polar surface area (TPSA) is 87.7 Å². The van der Waals surface area contributed by atoms with Crippen LogP contribution in [0.2, 0.25) is 0 Å². The Labute approximate surface area is 210 Å². The van der Waals surface area contributed by atoms with Crippen molar-refractivity contribution >= 4 is 34.7 Å². The van der Waals surface area contributed by atoms with Crippen molar-refractivity contribution in [3.8, 4) is 17.0 Å². The van der Waals surface area contributed by atoms with Crippen LogP contribution < -0.4 is 19.9 Å². The van der Waals surface area contributed by atoms with Gasteiger partial charge in [0.15, 0.2) is 0 Å². The summed E-state index contributed by atoms with van der Waals surface area (Å²) in [5.74, 6) is 1.80. The van der Waals surface area contributed by atoms with E-state index in [1.165, 1.54) is 5.56 Å². The van der Waals surface area contributed by atoms with Crippen LogP contribution in [0.3, 0.4) is 0 Å². The first-order chi connectivity index (χ1) is 17.5. The SMILES string of the molecule is CC(C)c1cc(Nc2cnc3c(c2)N2C(=O)CC[C@H]2CO3)ncc1-c1ccc(N2CCCC2=O)cc1. The molecule has 6 rings (SSSR count). The van der Waals surface area contributed by atoms with Gasteiger partial charge in [0.05, 0.1) is 17.9 Å². The van der Waals surface area contributed by atoms with E-state index in [0.29, 0.717) is 31.1 Å². The number of pyridine rings is 2. The minimum Gasteiger partial charge on any atom is -0.474 e. The number of carbonyl (C=O) groups is 2. The zero-order valence-corrected chi connectivity index (χ0v) is 20.5. The van der Waals surface area contributed by atoms with E-state index in [4.69, 9.17) is 4.74 Å². The lowest BCUT2D eigenvalue weighted by Gasteiger charge is -2.31. The molecule has 3 aliphatic rings. The summed E-state index contributed by atoms with van der Waals surface area (Å²) < 4.78 is 5.78. The molecule has 8 heteroatoms. The van der Waals surface area contributed by atoms with Crippen LogP contribution in [0, 0.1) is 0 Å². The molecule has 36 heavy (non-hydrogen) atoms. The minimum absolute atomic E-state index is 0.0852. The number of anilines is 4. The highest BCUT2D eigenvalue weighted by Gasteiger charge is 2.38. The van der Waals surface area contributed by atoms with Crippen molar-refractivity contribution < 1.29 is 14.3 Å². The quantitative estimate of drug-likeness (QED) is 0.548. The van der Waals surface area contributed by atoms with E-state index in [2.05, 4.69) is 47.3 Å². The number of nitrogens with zero attached hydrogens (tertiary/aromatic N) is 4. The monoisotopic (exact) mass is 483 g/mol. The molecule has 0 aliphatic carbocycles. The van der Waals surface area contributed by atoms with Gasteiger partial charge in [-0.1, -0.05) is 26.0 Å². The minimum atomic E-state index is 0.0852. The number of hydrogen-bond donors (Lipinski definition) is 1. The van der Waals surface area contributed by atoms with Gasteiger partial charge in [0.25, 0.3) is 0 Å². The van der Waals surface area contributed by atoms with Crippen molar-refractivity contribution in [1.82, 2.24) is 9.97 Å². The van der Waals surface area contributed by atoms with Crippen molar-refractivity contribution in [2.75, 3.05) is 28.3 Å². The Balaban J connectivity index is 1.27. The van der Waals surface area contributed by atoms with E-state index in [1.807, 2.05) is 34.2 Å². The largest absolute Gasteiger partial charge is 0.474 e. The van der Waals surface area contributed by atoms with Gasteiger partial charge >= 0.3 is 0 Å². The molecule has 3 aliphatic heterocycles. The first-order valence-electron chi connectivity index (χ1n) is 12.6. The van der Waals surface area contributed by atoms with Crippen LogP contribution in [-0.2, 0) is 9.59 Å². The van der Waals surface area contributed by atoms with Gasteiger partial charge in [0, 0.05) is 36.8 Å². The summed E-state index contributed by atoms with van der Waals surface area (Å²) in [6.07, 6.45) is 6.50. The molecule has 1 atom stereocenters. The molecule has 0 radical (unpaired) electrons.